The van der Waals surface area contributed by atoms with Gasteiger partial charge < -0.3 is 22.1 Å². The fraction of sp³-hybridized carbons (Fsp3) is 0.300. The normalized spacial score (nSPS) is 18.7. The van der Waals surface area contributed by atoms with Crippen molar-refractivity contribution < 1.29 is 9.18 Å². The van der Waals surface area contributed by atoms with E-state index < -0.39 is 11.7 Å². The summed E-state index contributed by atoms with van der Waals surface area (Å²) < 4.78 is 14.6. The third-order valence-electron chi connectivity index (χ3n) is 5.14. The van der Waals surface area contributed by atoms with Gasteiger partial charge >= 0.3 is 0 Å². The lowest BCUT2D eigenvalue weighted by molar-refractivity contribution is 0.100. The van der Waals surface area contributed by atoms with Gasteiger partial charge in [0, 0.05) is 17.8 Å². The van der Waals surface area contributed by atoms with E-state index in [1.165, 1.54) is 4.80 Å². The van der Waals surface area contributed by atoms with Gasteiger partial charge in [-0.3, -0.25) is 4.79 Å². The maximum Gasteiger partial charge on any atom is 0.252 e. The second kappa shape index (κ2) is 8.46. The maximum absolute atomic E-state index is 14.6. The summed E-state index contributed by atoms with van der Waals surface area (Å²) in [5.74, 6) is -1.24. The minimum Gasteiger partial charge on any atom is -0.365 e. The van der Waals surface area contributed by atoms with E-state index >= 15 is 0 Å². The first-order valence-corrected chi connectivity index (χ1v) is 9.77. The van der Waals surface area contributed by atoms with Gasteiger partial charge in [-0.05, 0) is 37.1 Å². The topological polar surface area (TPSA) is 137 Å². The zero-order chi connectivity index (χ0) is 21.1. The summed E-state index contributed by atoms with van der Waals surface area (Å²) in [6, 6.07) is 8.12. The molecule has 1 amide bonds. The Morgan fingerprint density at radius 2 is 1.90 bits per heavy atom. The second-order valence-corrected chi connectivity index (χ2v) is 7.27. The van der Waals surface area contributed by atoms with E-state index in [9.17, 15) is 9.18 Å². The van der Waals surface area contributed by atoms with Crippen LogP contribution in [-0.4, -0.2) is 38.0 Å². The maximum atomic E-state index is 14.6. The van der Waals surface area contributed by atoms with Gasteiger partial charge in [0.05, 0.1) is 23.6 Å². The van der Waals surface area contributed by atoms with E-state index in [-0.39, 0.29) is 29.3 Å². The number of hydrogen-bond acceptors (Lipinski definition) is 7. The van der Waals surface area contributed by atoms with E-state index in [0.717, 1.165) is 31.7 Å². The number of benzene rings is 1. The molecule has 30 heavy (non-hydrogen) atoms. The molecule has 2 heterocycles. The number of carbonyl (C=O) groups excluding carboxylic acids is 1. The number of amides is 1. The van der Waals surface area contributed by atoms with Crippen LogP contribution in [0.5, 0.6) is 0 Å². The average molecular weight is 410 g/mol. The zero-order valence-electron chi connectivity index (χ0n) is 16.3. The van der Waals surface area contributed by atoms with Crippen LogP contribution in [0.1, 0.15) is 36.0 Å². The van der Waals surface area contributed by atoms with E-state index in [1.54, 1.807) is 30.6 Å². The summed E-state index contributed by atoms with van der Waals surface area (Å²) in [5, 5.41) is 14.3. The van der Waals surface area contributed by atoms with Crippen molar-refractivity contribution >= 4 is 23.2 Å². The summed E-state index contributed by atoms with van der Waals surface area (Å²) >= 11 is 0. The number of nitrogens with two attached hydrogens (primary N) is 2. The lowest BCUT2D eigenvalue weighted by atomic mass is 9.91. The van der Waals surface area contributed by atoms with Crippen molar-refractivity contribution in [2.75, 3.05) is 10.6 Å². The summed E-state index contributed by atoms with van der Waals surface area (Å²) in [7, 11) is 0. The first-order chi connectivity index (χ1) is 14.5. The predicted molar refractivity (Wildman–Crippen MR) is 111 cm³/mol. The Kier molecular flexibility index (Phi) is 5.57. The van der Waals surface area contributed by atoms with E-state index in [2.05, 4.69) is 25.8 Å². The van der Waals surface area contributed by atoms with E-state index in [4.69, 9.17) is 11.5 Å². The molecule has 1 fully saturated rings. The summed E-state index contributed by atoms with van der Waals surface area (Å²) in [6.07, 6.45) is 6.93. The van der Waals surface area contributed by atoms with Crippen molar-refractivity contribution in [3.05, 3.63) is 54.1 Å². The first kappa shape index (κ1) is 19.8. The quantitative estimate of drug-likeness (QED) is 0.489. The molecule has 6 N–H and O–H groups in total. The van der Waals surface area contributed by atoms with Gasteiger partial charge in [0.1, 0.15) is 5.82 Å². The summed E-state index contributed by atoms with van der Waals surface area (Å²) in [6.45, 7) is 0. The largest absolute Gasteiger partial charge is 0.365 e. The van der Waals surface area contributed by atoms with Gasteiger partial charge in [-0.25, -0.2) is 9.37 Å². The predicted octanol–water partition coefficient (Wildman–Crippen LogP) is 2.33. The van der Waals surface area contributed by atoms with Crippen molar-refractivity contribution in [3.63, 3.8) is 0 Å². The highest BCUT2D eigenvalue weighted by molar-refractivity contribution is 5.98. The number of anilines is 3. The highest BCUT2D eigenvalue weighted by Gasteiger charge is 2.24. The van der Waals surface area contributed by atoms with Crippen LogP contribution in [0.4, 0.5) is 21.7 Å². The second-order valence-electron chi connectivity index (χ2n) is 7.27. The van der Waals surface area contributed by atoms with Gasteiger partial charge in [0.25, 0.3) is 5.91 Å². The molecule has 2 atom stereocenters. The molecule has 0 radical (unpaired) electrons. The molecule has 3 aromatic rings. The first-order valence-electron chi connectivity index (χ1n) is 9.77. The third kappa shape index (κ3) is 4.23. The standard InChI is InChI=1S/C20H23FN8O/c21-15-11-14(18(23)30)19(28-20(15)27-17-7-2-1-6-16(17)22)26-12-4-3-5-13(10-12)29-24-8-9-25-29/h3-5,8-11,16-17H,1-2,6-7,22H2,(H2,23,30)(H2,26,27,28). The number of pyridine rings is 1. The molecule has 1 aliphatic rings. The number of rotatable bonds is 6. The van der Waals surface area contributed by atoms with Crippen molar-refractivity contribution in [1.82, 2.24) is 20.0 Å². The minimum absolute atomic E-state index is 0.0368. The van der Waals surface area contributed by atoms with Gasteiger partial charge in [-0.2, -0.15) is 15.0 Å². The summed E-state index contributed by atoms with van der Waals surface area (Å²) in [5.41, 5.74) is 12.9. The fourth-order valence-electron chi connectivity index (χ4n) is 3.58. The smallest absolute Gasteiger partial charge is 0.252 e. The van der Waals surface area contributed by atoms with E-state index in [0.29, 0.717) is 11.4 Å². The molecule has 0 aliphatic heterocycles. The molecule has 156 valence electrons. The monoisotopic (exact) mass is 410 g/mol. The zero-order valence-corrected chi connectivity index (χ0v) is 16.3. The van der Waals surface area contributed by atoms with Gasteiger partial charge in [-0.1, -0.05) is 18.9 Å². The Balaban J connectivity index is 1.64. The van der Waals surface area contributed by atoms with Crippen LogP contribution in [0.2, 0.25) is 0 Å². The van der Waals surface area contributed by atoms with Crippen LogP contribution in [-0.2, 0) is 0 Å². The van der Waals surface area contributed by atoms with E-state index in [1.807, 2.05) is 6.07 Å². The number of aromatic nitrogens is 4. The number of carbonyl (C=O) groups is 1. The molecule has 0 spiro atoms. The Labute approximate surface area is 172 Å². The molecule has 0 bridgehead atoms. The Hall–Kier alpha value is -3.53. The van der Waals surface area contributed by atoms with Crippen molar-refractivity contribution in [3.8, 4) is 5.69 Å². The molecule has 9 nitrogen and oxygen atoms in total. The molecule has 1 saturated carbocycles. The molecule has 2 aromatic heterocycles. The molecular formula is C20H23FN8O. The molecule has 4 rings (SSSR count). The highest BCUT2D eigenvalue weighted by Crippen LogP contribution is 2.27. The average Bonchev–Trinajstić information content (AvgIpc) is 3.27. The number of hydrogen-bond donors (Lipinski definition) is 4. The molecule has 2 unspecified atom stereocenters. The van der Waals surface area contributed by atoms with Crippen LogP contribution in [0.3, 0.4) is 0 Å². The molecular weight excluding hydrogens is 387 g/mol. The number of nitrogens with one attached hydrogen (secondary N) is 2. The summed E-state index contributed by atoms with van der Waals surface area (Å²) in [4.78, 5) is 17.7. The highest BCUT2D eigenvalue weighted by atomic mass is 19.1. The Morgan fingerprint density at radius 1 is 1.13 bits per heavy atom. The van der Waals surface area contributed by atoms with Crippen LogP contribution >= 0.6 is 0 Å². The van der Waals surface area contributed by atoms with Crippen molar-refractivity contribution in [2.45, 2.75) is 37.8 Å². The van der Waals surface area contributed by atoms with Crippen molar-refractivity contribution in [1.29, 1.82) is 0 Å². The Bertz CT molecular complexity index is 1040. The lowest BCUT2D eigenvalue weighted by Crippen LogP contribution is -2.43. The van der Waals surface area contributed by atoms with Crippen LogP contribution in [0.25, 0.3) is 5.69 Å². The van der Waals surface area contributed by atoms with Gasteiger partial charge in [0.2, 0.25) is 0 Å². The molecule has 1 aromatic carbocycles. The lowest BCUT2D eigenvalue weighted by Gasteiger charge is -2.30. The Morgan fingerprint density at radius 3 is 2.63 bits per heavy atom. The number of primary amides is 1. The minimum atomic E-state index is -0.783. The van der Waals surface area contributed by atoms with Crippen LogP contribution < -0.4 is 22.1 Å². The third-order valence-corrected chi connectivity index (χ3v) is 5.14. The number of nitrogens with zero attached hydrogens (tertiary/aromatic N) is 4. The van der Waals surface area contributed by atoms with Gasteiger partial charge in [-0.15, -0.1) is 0 Å². The van der Waals surface area contributed by atoms with Crippen molar-refractivity contribution in [2.24, 2.45) is 11.5 Å². The number of halogens is 1. The fourth-order valence-corrected chi connectivity index (χ4v) is 3.58. The molecule has 1 aliphatic carbocycles. The molecule has 10 heteroatoms. The SMILES string of the molecule is NC(=O)c1cc(F)c(NC2CCCCC2N)nc1Nc1cccc(-n2nccn2)c1. The van der Waals surface area contributed by atoms with Gasteiger partial charge in [0.15, 0.2) is 11.6 Å². The van der Waals surface area contributed by atoms with Crippen LogP contribution in [0.15, 0.2) is 42.7 Å². The molecule has 0 saturated heterocycles. The van der Waals surface area contributed by atoms with Crippen LogP contribution in [0, 0.1) is 5.82 Å².